The molecule has 82 valence electrons. The number of carbonyl (C=O) groups is 1. The first-order chi connectivity index (χ1) is 7.07. The number of halogens is 2. The van der Waals surface area contributed by atoms with Crippen LogP contribution in [0.2, 0.25) is 0 Å². The van der Waals surface area contributed by atoms with Gasteiger partial charge >= 0.3 is 5.97 Å². The monoisotopic (exact) mass is 217 g/mol. The number of alkyl halides is 2. The van der Waals surface area contributed by atoms with E-state index in [9.17, 15) is 18.4 Å². The lowest BCUT2D eigenvalue weighted by atomic mass is 10.2. The van der Waals surface area contributed by atoms with Gasteiger partial charge in [-0.15, -0.1) is 0 Å². The summed E-state index contributed by atoms with van der Waals surface area (Å²) < 4.78 is 29.1. The predicted molar refractivity (Wildman–Crippen MR) is 48.0 cm³/mol. The predicted octanol–water partition coefficient (Wildman–Crippen LogP) is 1.49. The number of ether oxygens (including phenoxy) is 1. The van der Waals surface area contributed by atoms with Crippen LogP contribution < -0.4 is 5.43 Å². The largest absolute Gasteiger partial charge is 0.462 e. The highest BCUT2D eigenvalue weighted by Gasteiger charge is 2.18. The van der Waals surface area contributed by atoms with Gasteiger partial charge in [-0.1, -0.05) is 0 Å². The molecule has 0 bridgehead atoms. The summed E-state index contributed by atoms with van der Waals surface area (Å²) in [6.45, 7) is 1.64. The molecule has 0 aromatic carbocycles. The first-order valence-electron chi connectivity index (χ1n) is 4.24. The van der Waals surface area contributed by atoms with Gasteiger partial charge in [-0.25, -0.2) is 13.6 Å². The Kier molecular flexibility index (Phi) is 3.54. The summed E-state index contributed by atoms with van der Waals surface area (Å²) in [5.74, 6) is -0.902. The molecular formula is C9H9F2NO3. The Morgan fingerprint density at radius 1 is 1.53 bits per heavy atom. The van der Waals surface area contributed by atoms with E-state index in [4.69, 9.17) is 0 Å². The number of aromatic nitrogens is 1. The van der Waals surface area contributed by atoms with Crippen LogP contribution in [-0.2, 0) is 4.74 Å². The Bertz CT molecular complexity index is 414. The molecule has 1 aromatic rings. The molecule has 1 N–H and O–H groups in total. The lowest BCUT2D eigenvalue weighted by molar-refractivity contribution is 0.0523. The Hall–Kier alpha value is -1.72. The number of carbonyl (C=O) groups excluding carboxylic acids is 1. The summed E-state index contributed by atoms with van der Waals surface area (Å²) in [4.78, 5) is 24.8. The average molecular weight is 217 g/mol. The van der Waals surface area contributed by atoms with Crippen molar-refractivity contribution in [1.29, 1.82) is 0 Å². The van der Waals surface area contributed by atoms with Crippen molar-refractivity contribution in [3.05, 3.63) is 33.7 Å². The van der Waals surface area contributed by atoms with Crippen molar-refractivity contribution in [1.82, 2.24) is 4.98 Å². The minimum Gasteiger partial charge on any atom is -0.462 e. The van der Waals surface area contributed by atoms with E-state index < -0.39 is 29.0 Å². The minimum atomic E-state index is -2.91. The maximum atomic E-state index is 12.3. The molecule has 0 radical (unpaired) electrons. The third kappa shape index (κ3) is 2.39. The second-order valence-electron chi connectivity index (χ2n) is 2.67. The van der Waals surface area contributed by atoms with Crippen LogP contribution in [-0.4, -0.2) is 17.6 Å². The molecule has 0 fully saturated rings. The molecule has 4 nitrogen and oxygen atoms in total. The Morgan fingerprint density at radius 3 is 2.73 bits per heavy atom. The zero-order valence-corrected chi connectivity index (χ0v) is 7.92. The van der Waals surface area contributed by atoms with Crippen LogP contribution in [0.1, 0.15) is 29.3 Å². The molecule has 6 heteroatoms. The molecule has 0 saturated heterocycles. The zero-order chi connectivity index (χ0) is 11.4. The lowest BCUT2D eigenvalue weighted by Gasteiger charge is -2.03. The van der Waals surface area contributed by atoms with Gasteiger partial charge in [0.2, 0.25) is 5.43 Å². The second kappa shape index (κ2) is 4.68. The highest BCUT2D eigenvalue weighted by Crippen LogP contribution is 2.13. The van der Waals surface area contributed by atoms with E-state index in [1.807, 2.05) is 0 Å². The molecule has 0 aliphatic heterocycles. The van der Waals surface area contributed by atoms with Crippen LogP contribution in [0.15, 0.2) is 17.2 Å². The number of aromatic amines is 1. The summed E-state index contributed by atoms with van der Waals surface area (Å²) in [5.41, 5.74) is -2.14. The molecule has 1 rings (SSSR count). The van der Waals surface area contributed by atoms with Gasteiger partial charge in [0.05, 0.1) is 12.2 Å². The van der Waals surface area contributed by atoms with Crippen LogP contribution in [0.25, 0.3) is 0 Å². The molecule has 0 amide bonds. The first kappa shape index (κ1) is 11.4. The molecule has 0 aliphatic rings. The van der Waals surface area contributed by atoms with Gasteiger partial charge in [0, 0.05) is 12.4 Å². The number of nitrogens with one attached hydrogen (secondary N) is 1. The number of H-pyrrole nitrogens is 1. The van der Waals surface area contributed by atoms with Crippen LogP contribution >= 0.6 is 0 Å². The molecule has 0 atom stereocenters. The van der Waals surface area contributed by atoms with Gasteiger partial charge in [-0.05, 0) is 6.92 Å². The SMILES string of the molecule is CCOC(=O)c1c[nH]cc(C(F)F)c1=O. The summed E-state index contributed by atoms with van der Waals surface area (Å²) in [5, 5.41) is 0. The molecule has 0 unspecified atom stereocenters. The van der Waals surface area contributed by atoms with Gasteiger partial charge in [0.25, 0.3) is 6.43 Å². The van der Waals surface area contributed by atoms with Crippen molar-refractivity contribution in [2.75, 3.05) is 6.61 Å². The molecular weight excluding hydrogens is 208 g/mol. The van der Waals surface area contributed by atoms with Crippen LogP contribution in [0.4, 0.5) is 8.78 Å². The molecule has 0 spiro atoms. The number of hydrogen-bond acceptors (Lipinski definition) is 3. The van der Waals surface area contributed by atoms with Gasteiger partial charge < -0.3 is 9.72 Å². The summed E-state index contributed by atoms with van der Waals surface area (Å²) in [7, 11) is 0. The smallest absolute Gasteiger partial charge is 0.343 e. The maximum absolute atomic E-state index is 12.3. The Labute approximate surface area is 83.9 Å². The van der Waals surface area contributed by atoms with Crippen molar-refractivity contribution in [2.45, 2.75) is 13.3 Å². The third-order valence-electron chi connectivity index (χ3n) is 1.70. The molecule has 1 heterocycles. The van der Waals surface area contributed by atoms with E-state index in [1.54, 1.807) is 6.92 Å². The van der Waals surface area contributed by atoms with Crippen LogP contribution in [0, 0.1) is 0 Å². The summed E-state index contributed by atoms with van der Waals surface area (Å²) in [6.07, 6.45) is -0.995. The summed E-state index contributed by atoms with van der Waals surface area (Å²) in [6, 6.07) is 0. The van der Waals surface area contributed by atoms with Gasteiger partial charge in [-0.2, -0.15) is 0 Å². The Balaban J connectivity index is 3.16. The van der Waals surface area contributed by atoms with Gasteiger partial charge in [0.1, 0.15) is 5.56 Å². The fraction of sp³-hybridized carbons (Fsp3) is 0.333. The van der Waals surface area contributed by atoms with E-state index >= 15 is 0 Å². The quantitative estimate of drug-likeness (QED) is 0.780. The van der Waals surface area contributed by atoms with Gasteiger partial charge in [-0.3, -0.25) is 4.79 Å². The third-order valence-corrected chi connectivity index (χ3v) is 1.70. The van der Waals surface area contributed by atoms with Crippen molar-refractivity contribution in [3.63, 3.8) is 0 Å². The van der Waals surface area contributed by atoms with Crippen molar-refractivity contribution in [3.8, 4) is 0 Å². The lowest BCUT2D eigenvalue weighted by Crippen LogP contribution is -2.21. The van der Waals surface area contributed by atoms with E-state index in [2.05, 4.69) is 9.72 Å². The number of rotatable bonds is 3. The summed E-state index contributed by atoms with van der Waals surface area (Å²) >= 11 is 0. The number of pyridine rings is 1. The number of hydrogen-bond donors (Lipinski definition) is 1. The maximum Gasteiger partial charge on any atom is 0.343 e. The van der Waals surface area contributed by atoms with Crippen molar-refractivity contribution in [2.24, 2.45) is 0 Å². The van der Waals surface area contributed by atoms with Crippen LogP contribution in [0.3, 0.4) is 0 Å². The minimum absolute atomic E-state index is 0.0805. The fourth-order valence-corrected chi connectivity index (χ4v) is 1.02. The molecule has 0 saturated carbocycles. The normalized spacial score (nSPS) is 10.4. The second-order valence-corrected chi connectivity index (χ2v) is 2.67. The molecule has 1 aromatic heterocycles. The van der Waals surface area contributed by atoms with Gasteiger partial charge in [0.15, 0.2) is 0 Å². The van der Waals surface area contributed by atoms with E-state index in [-0.39, 0.29) is 6.61 Å². The zero-order valence-electron chi connectivity index (χ0n) is 7.92. The molecule has 0 aliphatic carbocycles. The van der Waals surface area contributed by atoms with Crippen LogP contribution in [0.5, 0.6) is 0 Å². The Morgan fingerprint density at radius 2 is 2.20 bits per heavy atom. The topological polar surface area (TPSA) is 59.2 Å². The highest BCUT2D eigenvalue weighted by molar-refractivity contribution is 5.89. The highest BCUT2D eigenvalue weighted by atomic mass is 19.3. The van der Waals surface area contributed by atoms with Crippen molar-refractivity contribution < 1.29 is 18.3 Å². The molecule has 15 heavy (non-hydrogen) atoms. The van der Waals surface area contributed by atoms with Crippen molar-refractivity contribution >= 4 is 5.97 Å². The van der Waals surface area contributed by atoms with E-state index in [0.29, 0.717) is 0 Å². The standard InChI is InChI=1S/C9H9F2NO3/c1-2-15-9(14)6-4-12-3-5(7(6)13)8(10)11/h3-4,8H,2H2,1H3,(H,12,13). The average Bonchev–Trinajstić information content (AvgIpc) is 2.17. The first-order valence-corrected chi connectivity index (χ1v) is 4.24. The van der Waals surface area contributed by atoms with E-state index in [0.717, 1.165) is 12.4 Å². The fourth-order valence-electron chi connectivity index (χ4n) is 1.02. The number of esters is 1. The van der Waals surface area contributed by atoms with E-state index in [1.165, 1.54) is 0 Å².